The van der Waals surface area contributed by atoms with Crippen molar-refractivity contribution in [3.8, 4) is 0 Å². The topological polar surface area (TPSA) is 38.0 Å². The molecule has 0 fully saturated rings. The Balaban J connectivity index is 2.50. The summed E-state index contributed by atoms with van der Waals surface area (Å²) in [6.45, 7) is 6.38. The Labute approximate surface area is 128 Å². The highest BCUT2D eigenvalue weighted by Gasteiger charge is 2.16. The molecule has 0 amide bonds. The molecule has 0 aliphatic heterocycles. The van der Waals surface area contributed by atoms with Gasteiger partial charge in [0, 0.05) is 3.57 Å². The monoisotopic (exact) mass is 366 g/mol. The highest BCUT2D eigenvalue weighted by molar-refractivity contribution is 14.1. The van der Waals surface area contributed by atoms with Gasteiger partial charge in [-0.2, -0.15) is 0 Å². The second-order valence-corrected chi connectivity index (χ2v) is 6.00. The van der Waals surface area contributed by atoms with Gasteiger partial charge in [-0.1, -0.05) is 36.4 Å². The average Bonchev–Trinajstić information content (AvgIpc) is 2.39. The molecule has 0 aliphatic carbocycles. The third kappa shape index (κ3) is 2.99. The number of nitrogens with one attached hydrogen (secondary N) is 1. The van der Waals surface area contributed by atoms with Crippen LogP contribution in [-0.2, 0) is 0 Å². The minimum atomic E-state index is 0.0334. The van der Waals surface area contributed by atoms with E-state index in [1.807, 2.05) is 0 Å². The Morgan fingerprint density at radius 2 is 1.74 bits per heavy atom. The van der Waals surface area contributed by atoms with Crippen LogP contribution in [0.2, 0.25) is 0 Å². The second kappa shape index (κ2) is 6.03. The fraction of sp³-hybridized carbons (Fsp3) is 0.250. The smallest absolute Gasteiger partial charge is 0.0720 e. The minimum Gasteiger partial charge on any atom is -0.271 e. The van der Waals surface area contributed by atoms with E-state index in [4.69, 9.17) is 5.84 Å². The van der Waals surface area contributed by atoms with Crippen molar-refractivity contribution >= 4 is 22.6 Å². The lowest BCUT2D eigenvalue weighted by Crippen LogP contribution is -2.29. The Bertz CT molecular complexity index is 593. The van der Waals surface area contributed by atoms with E-state index in [0.29, 0.717) is 0 Å². The maximum Gasteiger partial charge on any atom is 0.0720 e. The van der Waals surface area contributed by atoms with E-state index >= 15 is 0 Å². The summed E-state index contributed by atoms with van der Waals surface area (Å²) >= 11 is 2.39. The Kier molecular flexibility index (Phi) is 4.60. The molecule has 2 aromatic rings. The molecule has 19 heavy (non-hydrogen) atoms. The number of rotatable bonds is 3. The third-order valence-corrected chi connectivity index (χ3v) is 5.04. The number of hydrogen-bond donors (Lipinski definition) is 2. The molecule has 0 radical (unpaired) electrons. The Hall–Kier alpha value is -0.910. The predicted molar refractivity (Wildman–Crippen MR) is 89.0 cm³/mol. The Morgan fingerprint density at radius 3 is 2.37 bits per heavy atom. The summed E-state index contributed by atoms with van der Waals surface area (Å²) in [6, 6.07) is 12.9. The van der Waals surface area contributed by atoms with Crippen LogP contribution < -0.4 is 11.3 Å². The van der Waals surface area contributed by atoms with E-state index in [1.165, 1.54) is 31.4 Å². The fourth-order valence-corrected chi connectivity index (χ4v) is 2.87. The van der Waals surface area contributed by atoms with E-state index < -0.39 is 0 Å². The van der Waals surface area contributed by atoms with Crippen LogP contribution in [0.4, 0.5) is 0 Å². The molecule has 1 atom stereocenters. The van der Waals surface area contributed by atoms with Gasteiger partial charge in [0.2, 0.25) is 0 Å². The van der Waals surface area contributed by atoms with Gasteiger partial charge in [-0.25, -0.2) is 5.43 Å². The van der Waals surface area contributed by atoms with Crippen LogP contribution in [0.1, 0.15) is 33.9 Å². The zero-order chi connectivity index (χ0) is 14.0. The van der Waals surface area contributed by atoms with E-state index in [2.05, 4.69) is 85.2 Å². The molecule has 100 valence electrons. The van der Waals surface area contributed by atoms with E-state index in [1.54, 1.807) is 0 Å². The maximum absolute atomic E-state index is 5.79. The highest BCUT2D eigenvalue weighted by atomic mass is 127. The van der Waals surface area contributed by atoms with Gasteiger partial charge in [0.25, 0.3) is 0 Å². The first kappa shape index (κ1) is 14.5. The van der Waals surface area contributed by atoms with Crippen LogP contribution in [0.3, 0.4) is 0 Å². The molecule has 1 unspecified atom stereocenters. The van der Waals surface area contributed by atoms with Crippen LogP contribution in [0.25, 0.3) is 0 Å². The van der Waals surface area contributed by atoms with Crippen molar-refractivity contribution in [2.45, 2.75) is 26.8 Å². The summed E-state index contributed by atoms with van der Waals surface area (Å²) in [5.41, 5.74) is 9.25. The number of hydrazine groups is 1. The van der Waals surface area contributed by atoms with Gasteiger partial charge in [0.15, 0.2) is 0 Å². The molecule has 0 saturated carbocycles. The Morgan fingerprint density at radius 1 is 1.00 bits per heavy atom. The molecule has 0 aromatic heterocycles. The van der Waals surface area contributed by atoms with Crippen LogP contribution >= 0.6 is 22.6 Å². The van der Waals surface area contributed by atoms with Crippen LogP contribution in [-0.4, -0.2) is 0 Å². The molecule has 0 aliphatic rings. The van der Waals surface area contributed by atoms with E-state index in [-0.39, 0.29) is 6.04 Å². The molecule has 2 aromatic carbocycles. The SMILES string of the molecule is Cc1ccc(C(NN)c2cccc(C)c2I)cc1C. The standard InChI is InChI=1S/C16H19IN2/c1-10-7-8-13(9-12(10)3)16(19-18)14-6-4-5-11(2)15(14)17/h4-9,16,19H,18H2,1-3H3. The van der Waals surface area contributed by atoms with Gasteiger partial charge in [-0.15, -0.1) is 0 Å². The molecule has 2 rings (SSSR count). The number of nitrogens with two attached hydrogens (primary N) is 1. The molecule has 0 heterocycles. The van der Waals surface area contributed by atoms with Gasteiger partial charge in [-0.3, -0.25) is 5.84 Å². The molecule has 0 saturated heterocycles. The average molecular weight is 366 g/mol. The summed E-state index contributed by atoms with van der Waals surface area (Å²) in [5, 5.41) is 0. The van der Waals surface area contributed by atoms with Crippen molar-refractivity contribution in [3.63, 3.8) is 0 Å². The number of aryl methyl sites for hydroxylation is 3. The predicted octanol–water partition coefficient (Wildman–Crippen LogP) is 3.77. The first-order valence-electron chi connectivity index (χ1n) is 6.33. The number of benzene rings is 2. The summed E-state index contributed by atoms with van der Waals surface area (Å²) < 4.78 is 1.27. The molecule has 0 bridgehead atoms. The van der Waals surface area contributed by atoms with Crippen LogP contribution in [0, 0.1) is 24.3 Å². The molecule has 3 heteroatoms. The quantitative estimate of drug-likeness (QED) is 0.493. The fourth-order valence-electron chi connectivity index (χ4n) is 2.20. The highest BCUT2D eigenvalue weighted by Crippen LogP contribution is 2.28. The zero-order valence-corrected chi connectivity index (χ0v) is 13.7. The molecule has 2 nitrogen and oxygen atoms in total. The summed E-state index contributed by atoms with van der Waals surface area (Å²) in [6.07, 6.45) is 0. The van der Waals surface area contributed by atoms with Crippen molar-refractivity contribution in [2.24, 2.45) is 5.84 Å². The second-order valence-electron chi connectivity index (χ2n) is 4.92. The largest absolute Gasteiger partial charge is 0.271 e. The summed E-state index contributed by atoms with van der Waals surface area (Å²) in [7, 11) is 0. The maximum atomic E-state index is 5.79. The van der Waals surface area contributed by atoms with Crippen LogP contribution in [0.5, 0.6) is 0 Å². The first-order valence-corrected chi connectivity index (χ1v) is 7.40. The zero-order valence-electron chi connectivity index (χ0n) is 11.5. The lowest BCUT2D eigenvalue weighted by molar-refractivity contribution is 0.633. The molecule has 3 N–H and O–H groups in total. The van der Waals surface area contributed by atoms with E-state index in [9.17, 15) is 0 Å². The molecular weight excluding hydrogens is 347 g/mol. The van der Waals surface area contributed by atoms with Crippen molar-refractivity contribution in [2.75, 3.05) is 0 Å². The van der Waals surface area contributed by atoms with Crippen LogP contribution in [0.15, 0.2) is 36.4 Å². The van der Waals surface area contributed by atoms with Gasteiger partial charge in [0.1, 0.15) is 0 Å². The molecular formula is C16H19IN2. The summed E-state index contributed by atoms with van der Waals surface area (Å²) in [4.78, 5) is 0. The number of halogens is 1. The number of hydrogen-bond acceptors (Lipinski definition) is 2. The van der Waals surface area contributed by atoms with Gasteiger partial charge in [-0.05, 0) is 71.2 Å². The minimum absolute atomic E-state index is 0.0334. The van der Waals surface area contributed by atoms with Crippen molar-refractivity contribution in [1.29, 1.82) is 0 Å². The van der Waals surface area contributed by atoms with Gasteiger partial charge in [0.05, 0.1) is 6.04 Å². The van der Waals surface area contributed by atoms with Crippen molar-refractivity contribution in [3.05, 3.63) is 67.8 Å². The third-order valence-electron chi connectivity index (χ3n) is 3.56. The lowest BCUT2D eigenvalue weighted by atomic mass is 9.95. The molecule has 0 spiro atoms. The van der Waals surface area contributed by atoms with Gasteiger partial charge < -0.3 is 0 Å². The normalized spacial score (nSPS) is 12.5. The lowest BCUT2D eigenvalue weighted by Gasteiger charge is -2.20. The van der Waals surface area contributed by atoms with Crippen molar-refractivity contribution < 1.29 is 0 Å². The summed E-state index contributed by atoms with van der Waals surface area (Å²) in [5.74, 6) is 5.79. The van der Waals surface area contributed by atoms with Gasteiger partial charge >= 0.3 is 0 Å². The van der Waals surface area contributed by atoms with Crippen molar-refractivity contribution in [1.82, 2.24) is 5.43 Å². The first-order chi connectivity index (χ1) is 9.04. The van der Waals surface area contributed by atoms with E-state index in [0.717, 1.165) is 0 Å².